The number of hydrogen-bond acceptors (Lipinski definition) is 3. The molecule has 1 aromatic rings. The van der Waals surface area contributed by atoms with Gasteiger partial charge in [0.25, 0.3) is 0 Å². The minimum absolute atomic E-state index is 0.288. The maximum atomic E-state index is 11.7. The van der Waals surface area contributed by atoms with Gasteiger partial charge in [0.05, 0.1) is 6.07 Å². The Morgan fingerprint density at radius 3 is 2.71 bits per heavy atom. The zero-order chi connectivity index (χ0) is 17.7. The third kappa shape index (κ3) is 5.12. The van der Waals surface area contributed by atoms with E-state index in [1.165, 1.54) is 17.2 Å². The summed E-state index contributed by atoms with van der Waals surface area (Å²) in [5.74, 6) is 1.66. The van der Waals surface area contributed by atoms with Crippen LogP contribution in [0.4, 0.5) is 0 Å². The van der Waals surface area contributed by atoms with Gasteiger partial charge in [0.2, 0.25) is 0 Å². The fourth-order valence-electron chi connectivity index (χ4n) is 3.41. The first-order valence-electron chi connectivity index (χ1n) is 8.88. The lowest BCUT2D eigenvalue weighted by Crippen LogP contribution is -2.41. The van der Waals surface area contributed by atoms with Crippen LogP contribution < -0.4 is 10.4 Å². The van der Waals surface area contributed by atoms with Gasteiger partial charge in [-0.3, -0.25) is 0 Å². The number of allylic oxidation sites excluding steroid dienone is 4. The van der Waals surface area contributed by atoms with Crippen molar-refractivity contribution in [3.63, 3.8) is 0 Å². The van der Waals surface area contributed by atoms with Crippen molar-refractivity contribution in [2.45, 2.75) is 72.3 Å². The van der Waals surface area contributed by atoms with E-state index in [1.54, 1.807) is 6.92 Å². The van der Waals surface area contributed by atoms with Gasteiger partial charge >= 0.3 is 5.63 Å². The zero-order valence-corrected chi connectivity index (χ0v) is 15.6. The summed E-state index contributed by atoms with van der Waals surface area (Å²) >= 11 is 0. The molecule has 0 spiro atoms. The van der Waals surface area contributed by atoms with Crippen LogP contribution in [0.3, 0.4) is 0 Å². The first-order chi connectivity index (χ1) is 11.3. The fraction of sp³-hybridized carbons (Fsp3) is 0.571. The van der Waals surface area contributed by atoms with Crippen molar-refractivity contribution in [2.24, 2.45) is 5.92 Å². The van der Waals surface area contributed by atoms with E-state index in [1.807, 2.05) is 6.07 Å². The van der Waals surface area contributed by atoms with Gasteiger partial charge in [-0.15, -0.1) is 0 Å². The molecule has 1 aliphatic rings. The second-order valence-electron chi connectivity index (χ2n) is 7.48. The molecule has 0 saturated carbocycles. The Labute approximate surface area is 145 Å². The van der Waals surface area contributed by atoms with Crippen LogP contribution in [-0.4, -0.2) is 5.60 Å². The second-order valence-corrected chi connectivity index (χ2v) is 7.48. The van der Waals surface area contributed by atoms with E-state index in [4.69, 9.17) is 9.15 Å². The number of ether oxygens (including phenoxy) is 1. The molecule has 0 aliphatic heterocycles. The summed E-state index contributed by atoms with van der Waals surface area (Å²) in [6.07, 6.45) is 9.82. The van der Waals surface area contributed by atoms with E-state index in [-0.39, 0.29) is 11.2 Å². The number of hydrogen-bond donors (Lipinski definition) is 0. The molecule has 0 saturated heterocycles. The van der Waals surface area contributed by atoms with Crippen molar-refractivity contribution >= 4 is 0 Å². The van der Waals surface area contributed by atoms with E-state index in [0.717, 1.165) is 32.1 Å². The summed E-state index contributed by atoms with van der Waals surface area (Å²) in [6.45, 7) is 10.4. The van der Waals surface area contributed by atoms with Crippen LogP contribution in [0.1, 0.15) is 65.6 Å². The maximum Gasteiger partial charge on any atom is 0.339 e. The summed E-state index contributed by atoms with van der Waals surface area (Å²) in [4.78, 5) is 11.7. The Morgan fingerprint density at radius 2 is 2.12 bits per heavy atom. The SMILES string of the molecule is CC(C)=CCC[C@@](C)(Oc1cc(C)oc(=O)c1)[C@H]1CC=C(C)CC1. The number of rotatable bonds is 6. The maximum absolute atomic E-state index is 11.7. The minimum Gasteiger partial charge on any atom is -0.487 e. The van der Waals surface area contributed by atoms with E-state index in [0.29, 0.717) is 17.4 Å². The van der Waals surface area contributed by atoms with Gasteiger partial charge in [0, 0.05) is 12.0 Å². The lowest BCUT2D eigenvalue weighted by atomic mass is 9.76. The normalized spacial score (nSPS) is 20.0. The Balaban J connectivity index is 2.24. The highest BCUT2D eigenvalue weighted by molar-refractivity contribution is 5.21. The summed E-state index contributed by atoms with van der Waals surface area (Å²) in [7, 11) is 0. The van der Waals surface area contributed by atoms with Crippen LogP contribution in [0.15, 0.2) is 44.6 Å². The van der Waals surface area contributed by atoms with Crippen LogP contribution in [0.5, 0.6) is 5.75 Å². The van der Waals surface area contributed by atoms with Gasteiger partial charge in [-0.1, -0.05) is 23.3 Å². The minimum atomic E-state index is -0.351. The molecule has 24 heavy (non-hydrogen) atoms. The zero-order valence-electron chi connectivity index (χ0n) is 15.6. The highest BCUT2D eigenvalue weighted by Gasteiger charge is 2.36. The van der Waals surface area contributed by atoms with Gasteiger partial charge in [0.15, 0.2) is 0 Å². The van der Waals surface area contributed by atoms with Gasteiger partial charge in [0.1, 0.15) is 17.1 Å². The average molecular weight is 330 g/mol. The van der Waals surface area contributed by atoms with Gasteiger partial charge in [-0.2, -0.15) is 0 Å². The van der Waals surface area contributed by atoms with E-state index in [9.17, 15) is 4.79 Å². The van der Waals surface area contributed by atoms with Crippen LogP contribution >= 0.6 is 0 Å². The van der Waals surface area contributed by atoms with E-state index in [2.05, 4.69) is 39.8 Å². The molecular weight excluding hydrogens is 300 g/mol. The van der Waals surface area contributed by atoms with Gasteiger partial charge in [-0.25, -0.2) is 4.79 Å². The van der Waals surface area contributed by atoms with Crippen molar-refractivity contribution in [3.8, 4) is 5.75 Å². The third-order valence-electron chi connectivity index (χ3n) is 4.91. The fourth-order valence-corrected chi connectivity index (χ4v) is 3.41. The Bertz CT molecular complexity index is 677. The molecule has 1 heterocycles. The summed E-state index contributed by atoms with van der Waals surface area (Å²) in [5, 5.41) is 0. The van der Waals surface area contributed by atoms with Crippen LogP contribution in [0.25, 0.3) is 0 Å². The molecule has 0 radical (unpaired) electrons. The van der Waals surface area contributed by atoms with E-state index >= 15 is 0 Å². The Hall–Kier alpha value is -1.77. The molecule has 3 heteroatoms. The molecule has 132 valence electrons. The molecule has 0 N–H and O–H groups in total. The predicted molar refractivity (Wildman–Crippen MR) is 98.5 cm³/mol. The predicted octanol–water partition coefficient (Wildman–Crippen LogP) is 5.58. The quantitative estimate of drug-likeness (QED) is 0.639. The van der Waals surface area contributed by atoms with E-state index < -0.39 is 0 Å². The Kier molecular flexibility index (Phi) is 6.09. The second kappa shape index (κ2) is 7.87. The monoisotopic (exact) mass is 330 g/mol. The Morgan fingerprint density at radius 1 is 1.38 bits per heavy atom. The number of aryl methyl sites for hydroxylation is 1. The highest BCUT2D eigenvalue weighted by atomic mass is 16.5. The molecule has 0 aromatic carbocycles. The first-order valence-corrected chi connectivity index (χ1v) is 8.88. The molecule has 2 atom stereocenters. The summed E-state index contributed by atoms with van der Waals surface area (Å²) in [6, 6.07) is 3.26. The van der Waals surface area contributed by atoms with Gasteiger partial charge in [-0.05, 0) is 66.7 Å². The van der Waals surface area contributed by atoms with Crippen LogP contribution in [-0.2, 0) is 0 Å². The van der Waals surface area contributed by atoms with Crippen molar-refractivity contribution < 1.29 is 9.15 Å². The first kappa shape index (κ1) is 18.6. The van der Waals surface area contributed by atoms with Crippen molar-refractivity contribution in [1.29, 1.82) is 0 Å². The molecule has 2 rings (SSSR count). The summed E-state index contributed by atoms with van der Waals surface area (Å²) in [5.41, 5.74) is 2.15. The smallest absolute Gasteiger partial charge is 0.339 e. The average Bonchev–Trinajstić information content (AvgIpc) is 2.46. The molecule has 0 unspecified atom stereocenters. The van der Waals surface area contributed by atoms with Crippen molar-refractivity contribution in [1.82, 2.24) is 0 Å². The molecule has 3 nitrogen and oxygen atoms in total. The molecular formula is C21H30O3. The standard InChI is InChI=1S/C21H30O3/c1-15(2)7-6-12-21(5,18-10-8-16(3)9-11-18)24-19-13-17(4)23-20(22)14-19/h7-8,13-14,18H,6,9-12H2,1-5H3/t18-,21+/m0/s1. The third-order valence-corrected chi connectivity index (χ3v) is 4.91. The highest BCUT2D eigenvalue weighted by Crippen LogP contribution is 2.38. The van der Waals surface area contributed by atoms with Crippen molar-refractivity contribution in [2.75, 3.05) is 0 Å². The van der Waals surface area contributed by atoms with Crippen molar-refractivity contribution in [3.05, 3.63) is 51.6 Å². The molecule has 1 aromatic heterocycles. The largest absolute Gasteiger partial charge is 0.487 e. The lowest BCUT2D eigenvalue weighted by Gasteiger charge is -2.39. The topological polar surface area (TPSA) is 39.4 Å². The summed E-state index contributed by atoms with van der Waals surface area (Å²) < 4.78 is 11.5. The molecule has 0 amide bonds. The van der Waals surface area contributed by atoms with Crippen LogP contribution in [0.2, 0.25) is 0 Å². The molecule has 0 bridgehead atoms. The lowest BCUT2D eigenvalue weighted by molar-refractivity contribution is 0.0125. The van der Waals surface area contributed by atoms with Crippen LogP contribution in [0, 0.1) is 12.8 Å². The molecule has 1 aliphatic carbocycles. The van der Waals surface area contributed by atoms with Gasteiger partial charge < -0.3 is 9.15 Å². The molecule has 0 fully saturated rings.